The Balaban J connectivity index is 2.44. The highest BCUT2D eigenvalue weighted by molar-refractivity contribution is 9.12. The van der Waals surface area contributed by atoms with E-state index in [9.17, 15) is 5.11 Å². The van der Waals surface area contributed by atoms with E-state index in [4.69, 9.17) is 0 Å². The molecule has 0 aliphatic heterocycles. The SMILES string of the molecule is Oc1c(Br)cc(Br)c(-c2cc(Br)cc3cccnc23)c1Br. The molecule has 21 heavy (non-hydrogen) atoms. The summed E-state index contributed by atoms with van der Waals surface area (Å²) in [4.78, 5) is 4.48. The van der Waals surface area contributed by atoms with Crippen molar-refractivity contribution in [3.8, 4) is 16.9 Å². The minimum atomic E-state index is 0.164. The van der Waals surface area contributed by atoms with Gasteiger partial charge < -0.3 is 5.11 Å². The Morgan fingerprint density at radius 1 is 0.952 bits per heavy atom. The molecule has 0 aliphatic rings. The highest BCUT2D eigenvalue weighted by Gasteiger charge is 2.18. The zero-order valence-electron chi connectivity index (χ0n) is 10.4. The zero-order valence-corrected chi connectivity index (χ0v) is 16.7. The minimum absolute atomic E-state index is 0.164. The van der Waals surface area contributed by atoms with Gasteiger partial charge in [0.05, 0.1) is 14.5 Å². The van der Waals surface area contributed by atoms with E-state index in [0.717, 1.165) is 31.0 Å². The second-order valence-corrected chi connectivity index (χ2v) is 7.82. The predicted molar refractivity (Wildman–Crippen MR) is 99.6 cm³/mol. The lowest BCUT2D eigenvalue weighted by Gasteiger charge is -2.13. The third kappa shape index (κ3) is 2.79. The number of phenols is 1. The number of fused-ring (bicyclic) bond motifs is 1. The second-order valence-electron chi connectivity index (χ2n) is 4.41. The highest BCUT2D eigenvalue weighted by atomic mass is 79.9. The van der Waals surface area contributed by atoms with Crippen LogP contribution >= 0.6 is 63.7 Å². The summed E-state index contributed by atoms with van der Waals surface area (Å²) in [5.74, 6) is 0.164. The number of rotatable bonds is 1. The number of benzene rings is 2. The summed E-state index contributed by atoms with van der Waals surface area (Å²) < 4.78 is 3.06. The number of hydrogen-bond acceptors (Lipinski definition) is 2. The smallest absolute Gasteiger partial charge is 0.144 e. The standard InChI is InChI=1S/C15H7Br4NO/c16-8-4-7-2-1-3-20-14(7)9(5-8)12-10(17)6-11(18)15(21)13(12)19/h1-6,21H. The summed E-state index contributed by atoms with van der Waals surface area (Å²) in [5.41, 5.74) is 2.67. The van der Waals surface area contributed by atoms with Gasteiger partial charge in [-0.25, -0.2) is 0 Å². The number of aromatic hydroxyl groups is 1. The lowest BCUT2D eigenvalue weighted by molar-refractivity contribution is 0.468. The molecule has 1 aromatic heterocycles. The largest absolute Gasteiger partial charge is 0.506 e. The first kappa shape index (κ1) is 15.5. The monoisotopic (exact) mass is 533 g/mol. The third-order valence-corrected chi connectivity index (χ3v) is 5.54. The molecule has 0 radical (unpaired) electrons. The van der Waals surface area contributed by atoms with Crippen LogP contribution in [0, 0.1) is 0 Å². The molecule has 3 rings (SSSR count). The molecule has 0 spiro atoms. The first-order chi connectivity index (χ1) is 9.99. The summed E-state index contributed by atoms with van der Waals surface area (Å²) in [6, 6.07) is 9.75. The maximum atomic E-state index is 10.2. The van der Waals surface area contributed by atoms with Gasteiger partial charge in [-0.2, -0.15) is 0 Å². The molecular formula is C15H7Br4NO. The topological polar surface area (TPSA) is 33.1 Å². The van der Waals surface area contributed by atoms with Crippen molar-refractivity contribution in [3.05, 3.63) is 54.4 Å². The van der Waals surface area contributed by atoms with Crippen molar-refractivity contribution >= 4 is 74.6 Å². The van der Waals surface area contributed by atoms with Gasteiger partial charge in [-0.3, -0.25) is 4.98 Å². The Kier molecular flexibility index (Phi) is 4.41. The Bertz CT molecular complexity index is 864. The fraction of sp³-hybridized carbons (Fsp3) is 0. The normalized spacial score (nSPS) is 11.0. The third-order valence-electron chi connectivity index (χ3n) is 3.08. The fourth-order valence-corrected chi connectivity index (χ4v) is 5.20. The molecule has 0 aliphatic carbocycles. The first-order valence-electron chi connectivity index (χ1n) is 5.90. The molecule has 1 N–H and O–H groups in total. The number of pyridine rings is 1. The van der Waals surface area contributed by atoms with E-state index in [0.29, 0.717) is 8.95 Å². The average molecular weight is 537 g/mol. The van der Waals surface area contributed by atoms with Crippen LogP contribution in [0.25, 0.3) is 22.0 Å². The highest BCUT2D eigenvalue weighted by Crippen LogP contribution is 2.46. The van der Waals surface area contributed by atoms with E-state index in [1.165, 1.54) is 0 Å². The molecule has 3 aromatic rings. The van der Waals surface area contributed by atoms with E-state index in [2.05, 4.69) is 68.7 Å². The van der Waals surface area contributed by atoms with Gasteiger partial charge in [0.15, 0.2) is 0 Å². The zero-order chi connectivity index (χ0) is 15.1. The molecule has 0 saturated carbocycles. The molecule has 0 atom stereocenters. The van der Waals surface area contributed by atoms with Crippen LogP contribution in [0.15, 0.2) is 54.4 Å². The Morgan fingerprint density at radius 3 is 2.48 bits per heavy atom. The summed E-state index contributed by atoms with van der Waals surface area (Å²) in [5, 5.41) is 11.2. The van der Waals surface area contributed by atoms with Crippen molar-refractivity contribution in [2.75, 3.05) is 0 Å². The minimum Gasteiger partial charge on any atom is -0.506 e. The molecule has 0 saturated heterocycles. The van der Waals surface area contributed by atoms with Crippen molar-refractivity contribution < 1.29 is 5.11 Å². The molecule has 1 heterocycles. The van der Waals surface area contributed by atoms with Gasteiger partial charge >= 0.3 is 0 Å². The molecule has 2 nitrogen and oxygen atoms in total. The average Bonchev–Trinajstić information content (AvgIpc) is 2.44. The van der Waals surface area contributed by atoms with Gasteiger partial charge in [0, 0.05) is 31.7 Å². The van der Waals surface area contributed by atoms with Crippen LogP contribution in [-0.4, -0.2) is 10.1 Å². The molecular weight excluding hydrogens is 530 g/mol. The Hall–Kier alpha value is -0.430. The summed E-state index contributed by atoms with van der Waals surface area (Å²) in [6.07, 6.45) is 1.76. The van der Waals surface area contributed by atoms with Gasteiger partial charge in [-0.15, -0.1) is 0 Å². The fourth-order valence-electron chi connectivity index (χ4n) is 2.17. The number of halogens is 4. The first-order valence-corrected chi connectivity index (χ1v) is 9.07. The van der Waals surface area contributed by atoms with E-state index >= 15 is 0 Å². The van der Waals surface area contributed by atoms with Crippen molar-refractivity contribution in [3.63, 3.8) is 0 Å². The van der Waals surface area contributed by atoms with Crippen molar-refractivity contribution in [2.45, 2.75) is 0 Å². The quantitative estimate of drug-likeness (QED) is 0.377. The summed E-state index contributed by atoms with van der Waals surface area (Å²) in [7, 11) is 0. The van der Waals surface area contributed by atoms with Gasteiger partial charge in [0.2, 0.25) is 0 Å². The lowest BCUT2D eigenvalue weighted by atomic mass is 10.0. The molecule has 2 aromatic carbocycles. The van der Waals surface area contributed by atoms with Crippen molar-refractivity contribution in [1.82, 2.24) is 4.98 Å². The number of phenolic OH excluding ortho intramolecular Hbond substituents is 1. The maximum absolute atomic E-state index is 10.2. The van der Waals surface area contributed by atoms with E-state index in [1.54, 1.807) is 6.20 Å². The Morgan fingerprint density at radius 2 is 1.71 bits per heavy atom. The van der Waals surface area contributed by atoms with Gasteiger partial charge in [0.25, 0.3) is 0 Å². The summed E-state index contributed by atoms with van der Waals surface area (Å²) in [6.45, 7) is 0. The summed E-state index contributed by atoms with van der Waals surface area (Å²) >= 11 is 13.9. The van der Waals surface area contributed by atoms with Gasteiger partial charge in [-0.05, 0) is 56.1 Å². The van der Waals surface area contributed by atoms with Gasteiger partial charge in [0.1, 0.15) is 5.75 Å². The van der Waals surface area contributed by atoms with Crippen LogP contribution < -0.4 is 0 Å². The number of hydrogen-bond donors (Lipinski definition) is 1. The van der Waals surface area contributed by atoms with Crippen LogP contribution in [-0.2, 0) is 0 Å². The predicted octanol–water partition coefficient (Wildman–Crippen LogP) is 6.66. The van der Waals surface area contributed by atoms with Crippen LogP contribution in [0.5, 0.6) is 5.75 Å². The second kappa shape index (κ2) is 5.99. The molecule has 0 unspecified atom stereocenters. The van der Waals surface area contributed by atoms with Crippen LogP contribution in [0.4, 0.5) is 0 Å². The van der Waals surface area contributed by atoms with Crippen molar-refractivity contribution in [2.24, 2.45) is 0 Å². The van der Waals surface area contributed by atoms with Gasteiger partial charge in [-0.1, -0.05) is 37.9 Å². The Labute approximate surface area is 155 Å². The van der Waals surface area contributed by atoms with Crippen LogP contribution in [0.2, 0.25) is 0 Å². The number of nitrogens with zero attached hydrogens (tertiary/aromatic N) is 1. The van der Waals surface area contributed by atoms with Crippen molar-refractivity contribution in [1.29, 1.82) is 0 Å². The lowest BCUT2D eigenvalue weighted by Crippen LogP contribution is -1.89. The molecule has 0 amide bonds. The van der Waals surface area contributed by atoms with Crippen LogP contribution in [0.1, 0.15) is 0 Å². The molecule has 0 bridgehead atoms. The molecule has 0 fully saturated rings. The van der Waals surface area contributed by atoms with E-state index < -0.39 is 0 Å². The number of aromatic nitrogens is 1. The molecule has 106 valence electrons. The maximum Gasteiger partial charge on any atom is 0.144 e. The molecule has 6 heteroatoms. The van der Waals surface area contributed by atoms with E-state index in [-0.39, 0.29) is 5.75 Å². The van der Waals surface area contributed by atoms with E-state index in [1.807, 2.05) is 30.3 Å². The van der Waals surface area contributed by atoms with Crippen LogP contribution in [0.3, 0.4) is 0 Å².